The highest BCUT2D eigenvalue weighted by atomic mass is 35.6. The van der Waals surface area contributed by atoms with Crippen molar-refractivity contribution in [2.75, 3.05) is 6.61 Å². The summed E-state index contributed by atoms with van der Waals surface area (Å²) in [6.07, 6.45) is 0. The minimum absolute atomic E-state index is 0.194. The van der Waals surface area contributed by atoms with E-state index in [4.69, 9.17) is 44.3 Å². The number of carbonyl (C=O) groups is 2. The third-order valence-corrected chi connectivity index (χ3v) is 4.65. The van der Waals surface area contributed by atoms with Crippen molar-refractivity contribution in [2.45, 2.75) is 23.4 Å². The third kappa shape index (κ3) is 5.81. The molecule has 1 heterocycles. The number of urea groups is 1. The van der Waals surface area contributed by atoms with E-state index < -0.39 is 28.4 Å². The number of benzene rings is 2. The molecule has 3 rings (SSSR count). The van der Waals surface area contributed by atoms with Crippen LogP contribution in [0.5, 0.6) is 5.75 Å². The Kier molecular flexibility index (Phi) is 7.13. The Hall–Kier alpha value is -2.41. The number of halogens is 3. The number of nitrogens with one attached hydrogen (secondary N) is 2. The van der Waals surface area contributed by atoms with Crippen molar-refractivity contribution in [1.82, 2.24) is 10.6 Å². The summed E-state index contributed by atoms with van der Waals surface area (Å²) < 4.78 is 9.38. The zero-order valence-corrected chi connectivity index (χ0v) is 18.2. The van der Waals surface area contributed by atoms with E-state index in [0.29, 0.717) is 23.6 Å². The molecular weight excluding hydrogens is 451 g/mol. The van der Waals surface area contributed by atoms with Crippen molar-refractivity contribution >= 4 is 46.8 Å². The van der Waals surface area contributed by atoms with Crippen LogP contribution in [0.25, 0.3) is 0 Å². The Balaban J connectivity index is 1.89. The SMILES string of the molecule is CC1=C(C(=O)OCC(Cl)(Cl)Cl)[C@H](c2ccccc2OCc2ccccc2)NC(=O)N1. The molecule has 9 heteroatoms. The smallest absolute Gasteiger partial charge is 0.338 e. The lowest BCUT2D eigenvalue weighted by Gasteiger charge is -2.29. The van der Waals surface area contributed by atoms with Crippen molar-refractivity contribution in [2.24, 2.45) is 0 Å². The lowest BCUT2D eigenvalue weighted by atomic mass is 9.95. The first-order valence-corrected chi connectivity index (χ1v) is 10.2. The molecule has 2 aromatic carbocycles. The quantitative estimate of drug-likeness (QED) is 0.470. The molecule has 30 heavy (non-hydrogen) atoms. The first kappa shape index (κ1) is 22.3. The highest BCUT2D eigenvalue weighted by Gasteiger charge is 2.35. The fraction of sp³-hybridized carbons (Fsp3) is 0.238. The molecule has 0 saturated carbocycles. The van der Waals surface area contributed by atoms with Crippen LogP contribution in [0.15, 0.2) is 65.9 Å². The molecule has 158 valence electrons. The van der Waals surface area contributed by atoms with Gasteiger partial charge in [0.1, 0.15) is 19.0 Å². The second-order valence-electron chi connectivity index (χ2n) is 6.57. The van der Waals surface area contributed by atoms with E-state index in [1.54, 1.807) is 25.1 Å². The van der Waals surface area contributed by atoms with Gasteiger partial charge in [-0.2, -0.15) is 0 Å². The number of amides is 2. The van der Waals surface area contributed by atoms with Gasteiger partial charge in [-0.25, -0.2) is 9.59 Å². The Morgan fingerprint density at radius 3 is 2.43 bits per heavy atom. The average Bonchev–Trinajstić information content (AvgIpc) is 2.70. The fourth-order valence-corrected chi connectivity index (χ4v) is 3.17. The first-order valence-electron chi connectivity index (χ1n) is 9.02. The van der Waals surface area contributed by atoms with Gasteiger partial charge in [-0.1, -0.05) is 83.3 Å². The van der Waals surface area contributed by atoms with Crippen molar-refractivity contribution in [3.05, 3.63) is 77.0 Å². The van der Waals surface area contributed by atoms with Gasteiger partial charge in [-0.15, -0.1) is 0 Å². The van der Waals surface area contributed by atoms with Crippen LogP contribution >= 0.6 is 34.8 Å². The van der Waals surface area contributed by atoms with Gasteiger partial charge < -0.3 is 20.1 Å². The lowest BCUT2D eigenvalue weighted by Crippen LogP contribution is -2.45. The molecule has 1 aliphatic heterocycles. The normalized spacial score (nSPS) is 16.5. The molecule has 0 saturated heterocycles. The molecule has 0 bridgehead atoms. The topological polar surface area (TPSA) is 76.7 Å². The van der Waals surface area contributed by atoms with E-state index >= 15 is 0 Å². The number of alkyl halides is 3. The molecule has 0 aliphatic carbocycles. The van der Waals surface area contributed by atoms with Crippen LogP contribution in [0.2, 0.25) is 0 Å². The Morgan fingerprint density at radius 2 is 1.73 bits per heavy atom. The van der Waals surface area contributed by atoms with Crippen LogP contribution in [0.4, 0.5) is 4.79 Å². The third-order valence-electron chi connectivity index (χ3n) is 4.32. The summed E-state index contributed by atoms with van der Waals surface area (Å²) in [5, 5.41) is 5.32. The zero-order valence-electron chi connectivity index (χ0n) is 16.0. The minimum Gasteiger partial charge on any atom is -0.489 e. The highest BCUT2D eigenvalue weighted by Crippen LogP contribution is 2.34. The van der Waals surface area contributed by atoms with Gasteiger partial charge in [0, 0.05) is 11.3 Å². The van der Waals surface area contributed by atoms with Gasteiger partial charge in [-0.05, 0) is 18.6 Å². The predicted octanol–water partition coefficient (Wildman–Crippen LogP) is 4.81. The number of ether oxygens (including phenoxy) is 2. The van der Waals surface area contributed by atoms with Gasteiger partial charge >= 0.3 is 12.0 Å². The van der Waals surface area contributed by atoms with E-state index in [0.717, 1.165) is 5.56 Å². The van der Waals surface area contributed by atoms with Gasteiger partial charge in [0.05, 0.1) is 11.6 Å². The Labute approximate surface area is 189 Å². The molecule has 2 amide bonds. The number of hydrogen-bond donors (Lipinski definition) is 2. The summed E-state index contributed by atoms with van der Waals surface area (Å²) in [5.41, 5.74) is 2.12. The molecule has 1 aliphatic rings. The van der Waals surface area contributed by atoms with Crippen LogP contribution in [0, 0.1) is 0 Å². The number of rotatable bonds is 6. The second kappa shape index (κ2) is 9.60. The largest absolute Gasteiger partial charge is 0.489 e. The lowest BCUT2D eigenvalue weighted by molar-refractivity contribution is -0.139. The summed E-state index contributed by atoms with van der Waals surface area (Å²) in [4.78, 5) is 24.9. The maximum atomic E-state index is 12.7. The summed E-state index contributed by atoms with van der Waals surface area (Å²) in [5.74, 6) is -0.192. The fourth-order valence-electron chi connectivity index (χ4n) is 3.01. The monoisotopic (exact) mass is 468 g/mol. The number of para-hydroxylation sites is 1. The molecule has 2 aromatic rings. The average molecular weight is 470 g/mol. The molecule has 0 aromatic heterocycles. The van der Waals surface area contributed by atoms with Crippen LogP contribution in [0.3, 0.4) is 0 Å². The van der Waals surface area contributed by atoms with Gasteiger partial charge in [0.2, 0.25) is 3.79 Å². The van der Waals surface area contributed by atoms with Crippen molar-refractivity contribution in [3.8, 4) is 5.75 Å². The van der Waals surface area contributed by atoms with Crippen molar-refractivity contribution in [3.63, 3.8) is 0 Å². The van der Waals surface area contributed by atoms with E-state index in [1.807, 2.05) is 36.4 Å². The van der Waals surface area contributed by atoms with Crippen LogP contribution in [-0.4, -0.2) is 22.4 Å². The minimum atomic E-state index is -1.75. The molecule has 0 radical (unpaired) electrons. The molecule has 2 N–H and O–H groups in total. The van der Waals surface area contributed by atoms with Crippen LogP contribution < -0.4 is 15.4 Å². The standard InChI is InChI=1S/C21H19Cl3N2O4/c1-13-17(19(27)30-12-21(22,23)24)18(26-20(28)25-13)15-9-5-6-10-16(15)29-11-14-7-3-2-4-8-14/h2-10,18H,11-12H2,1H3,(H2,25,26,28)/t18-/m0/s1. The van der Waals surface area contributed by atoms with Gasteiger partial charge in [-0.3, -0.25) is 0 Å². The molecule has 6 nitrogen and oxygen atoms in total. The summed E-state index contributed by atoms with van der Waals surface area (Å²) in [7, 11) is 0. The maximum absolute atomic E-state index is 12.7. The van der Waals surface area contributed by atoms with E-state index in [-0.39, 0.29) is 5.57 Å². The summed E-state index contributed by atoms with van der Waals surface area (Å²) in [6.45, 7) is 1.50. The number of allylic oxidation sites excluding steroid dienone is 1. The van der Waals surface area contributed by atoms with Crippen molar-refractivity contribution in [1.29, 1.82) is 0 Å². The predicted molar refractivity (Wildman–Crippen MR) is 116 cm³/mol. The summed E-state index contributed by atoms with van der Waals surface area (Å²) >= 11 is 17.1. The second-order valence-corrected chi connectivity index (χ2v) is 9.09. The first-order chi connectivity index (χ1) is 14.2. The zero-order chi connectivity index (χ0) is 21.7. The Morgan fingerprint density at radius 1 is 1.07 bits per heavy atom. The summed E-state index contributed by atoms with van der Waals surface area (Å²) in [6, 6.07) is 15.5. The van der Waals surface area contributed by atoms with E-state index in [1.165, 1.54) is 0 Å². The van der Waals surface area contributed by atoms with Crippen LogP contribution in [-0.2, 0) is 16.1 Å². The van der Waals surface area contributed by atoms with Gasteiger partial charge in [0.25, 0.3) is 0 Å². The van der Waals surface area contributed by atoms with E-state index in [9.17, 15) is 9.59 Å². The molecule has 1 atom stereocenters. The number of carbonyl (C=O) groups excluding carboxylic acids is 2. The molecular formula is C21H19Cl3N2O4. The molecule has 0 spiro atoms. The maximum Gasteiger partial charge on any atom is 0.338 e. The highest BCUT2D eigenvalue weighted by molar-refractivity contribution is 6.67. The number of esters is 1. The van der Waals surface area contributed by atoms with Crippen molar-refractivity contribution < 1.29 is 19.1 Å². The molecule has 0 unspecified atom stereocenters. The molecule has 0 fully saturated rings. The van der Waals surface area contributed by atoms with Crippen LogP contribution in [0.1, 0.15) is 24.1 Å². The van der Waals surface area contributed by atoms with E-state index in [2.05, 4.69) is 10.6 Å². The number of hydrogen-bond acceptors (Lipinski definition) is 4. The van der Waals surface area contributed by atoms with Gasteiger partial charge in [0.15, 0.2) is 0 Å². The Bertz CT molecular complexity index is 958.